The summed E-state index contributed by atoms with van der Waals surface area (Å²) in [6, 6.07) is 14.9. The van der Waals surface area contributed by atoms with Crippen LogP contribution in [0, 0.1) is 0 Å². The highest BCUT2D eigenvalue weighted by atomic mass is 32.2. The lowest BCUT2D eigenvalue weighted by Crippen LogP contribution is -2.26. The third kappa shape index (κ3) is 3.00. The second-order valence-corrected chi connectivity index (χ2v) is 7.54. The van der Waals surface area contributed by atoms with Gasteiger partial charge in [0.25, 0.3) is 0 Å². The summed E-state index contributed by atoms with van der Waals surface area (Å²) in [5.74, 6) is 0. The number of nitrogens with one attached hydrogen (secondary N) is 2. The molecule has 0 saturated carbocycles. The quantitative estimate of drug-likeness (QED) is 0.911. The van der Waals surface area contributed by atoms with Crippen molar-refractivity contribution >= 4 is 15.7 Å². The van der Waals surface area contributed by atoms with E-state index in [9.17, 15) is 8.42 Å². The molecule has 0 spiro atoms. The normalized spacial score (nSPS) is 18.5. The summed E-state index contributed by atoms with van der Waals surface area (Å²) in [5.41, 5.74) is 3.04. The molecule has 4 nitrogen and oxygen atoms in total. The molecule has 5 heteroatoms. The molecule has 1 heterocycles. The summed E-state index contributed by atoms with van der Waals surface area (Å²) in [6.07, 6.45) is 0.854. The Labute approximate surface area is 131 Å². The van der Waals surface area contributed by atoms with Gasteiger partial charge in [-0.25, -0.2) is 13.1 Å². The maximum Gasteiger partial charge on any atom is 0.241 e. The van der Waals surface area contributed by atoms with Gasteiger partial charge < -0.3 is 5.32 Å². The van der Waals surface area contributed by atoms with E-state index in [1.165, 1.54) is 0 Å². The highest BCUT2D eigenvalue weighted by Crippen LogP contribution is 2.28. The molecule has 0 radical (unpaired) electrons. The molecule has 0 aromatic heterocycles. The topological polar surface area (TPSA) is 58.2 Å². The Morgan fingerprint density at radius 3 is 2.64 bits per heavy atom. The van der Waals surface area contributed by atoms with E-state index in [1.54, 1.807) is 12.1 Å². The van der Waals surface area contributed by atoms with E-state index in [0.29, 0.717) is 10.9 Å². The molecule has 0 unspecified atom stereocenters. The first kappa shape index (κ1) is 15.1. The van der Waals surface area contributed by atoms with Crippen molar-refractivity contribution in [1.29, 1.82) is 0 Å². The molecule has 2 aromatic rings. The molecule has 0 amide bonds. The fourth-order valence-electron chi connectivity index (χ4n) is 2.80. The summed E-state index contributed by atoms with van der Waals surface area (Å²) >= 11 is 0. The lowest BCUT2D eigenvalue weighted by atomic mass is 10.1. The minimum atomic E-state index is -3.52. The first-order chi connectivity index (χ1) is 10.5. The summed E-state index contributed by atoms with van der Waals surface area (Å²) in [6.45, 7) is 3.94. The SMILES string of the molecule is C[C@@H]1Cc2cc(S(=O)(=O)N[C@@H](C)c3ccccc3)ccc2N1. The maximum atomic E-state index is 12.6. The zero-order valence-electron chi connectivity index (χ0n) is 12.7. The lowest BCUT2D eigenvalue weighted by Gasteiger charge is -2.15. The number of hydrogen-bond acceptors (Lipinski definition) is 3. The second kappa shape index (κ2) is 5.74. The van der Waals surface area contributed by atoms with Crippen molar-refractivity contribution in [3.8, 4) is 0 Å². The van der Waals surface area contributed by atoms with E-state index in [0.717, 1.165) is 23.2 Å². The zero-order valence-corrected chi connectivity index (χ0v) is 13.5. The fraction of sp³-hybridized carbons (Fsp3) is 0.294. The Kier molecular flexibility index (Phi) is 3.93. The molecule has 1 aliphatic heterocycles. The van der Waals surface area contributed by atoms with E-state index in [2.05, 4.69) is 17.0 Å². The molecule has 116 valence electrons. The standard InChI is InChI=1S/C17H20N2O2S/c1-12-10-15-11-16(8-9-17(15)18-12)22(20,21)19-13(2)14-6-4-3-5-7-14/h3-9,11-13,18-19H,10H2,1-2H3/t12-,13+/m1/s1. The van der Waals surface area contributed by atoms with E-state index in [-0.39, 0.29) is 6.04 Å². The van der Waals surface area contributed by atoms with Crippen LogP contribution in [0.1, 0.15) is 31.0 Å². The summed E-state index contributed by atoms with van der Waals surface area (Å²) < 4.78 is 27.9. The third-order valence-electron chi connectivity index (χ3n) is 3.95. The van der Waals surface area contributed by atoms with Gasteiger partial charge in [-0.3, -0.25) is 0 Å². The number of fused-ring (bicyclic) bond motifs is 1. The van der Waals surface area contributed by atoms with Crippen molar-refractivity contribution in [2.24, 2.45) is 0 Å². The van der Waals surface area contributed by atoms with Crippen LogP contribution in [0.3, 0.4) is 0 Å². The average Bonchev–Trinajstić information content (AvgIpc) is 2.86. The summed E-state index contributed by atoms with van der Waals surface area (Å²) in [4.78, 5) is 0.324. The Morgan fingerprint density at radius 1 is 1.18 bits per heavy atom. The van der Waals surface area contributed by atoms with Gasteiger partial charge in [0.15, 0.2) is 0 Å². The van der Waals surface area contributed by atoms with Crippen LogP contribution < -0.4 is 10.0 Å². The Balaban J connectivity index is 1.83. The summed E-state index contributed by atoms with van der Waals surface area (Å²) in [5, 5.41) is 3.33. The van der Waals surface area contributed by atoms with E-state index in [4.69, 9.17) is 0 Å². The molecule has 3 rings (SSSR count). The van der Waals surface area contributed by atoms with Crippen molar-refractivity contribution < 1.29 is 8.42 Å². The van der Waals surface area contributed by atoms with Crippen molar-refractivity contribution in [1.82, 2.24) is 4.72 Å². The second-order valence-electron chi connectivity index (χ2n) is 5.82. The first-order valence-electron chi connectivity index (χ1n) is 7.42. The molecule has 2 aromatic carbocycles. The maximum absolute atomic E-state index is 12.6. The molecular formula is C17H20N2O2S. The minimum absolute atomic E-state index is 0.267. The molecule has 0 saturated heterocycles. The average molecular weight is 316 g/mol. The predicted octanol–water partition coefficient (Wildman–Crippen LogP) is 3.08. The van der Waals surface area contributed by atoms with Crippen molar-refractivity contribution in [2.75, 3.05) is 5.32 Å². The first-order valence-corrected chi connectivity index (χ1v) is 8.91. The van der Waals surface area contributed by atoms with Gasteiger partial charge in [0.05, 0.1) is 4.90 Å². The van der Waals surface area contributed by atoms with Gasteiger partial charge >= 0.3 is 0 Å². The fourth-order valence-corrected chi connectivity index (χ4v) is 4.09. The van der Waals surface area contributed by atoms with Crippen LogP contribution in [0.5, 0.6) is 0 Å². The molecule has 0 fully saturated rings. The number of sulfonamides is 1. The lowest BCUT2D eigenvalue weighted by molar-refractivity contribution is 0.567. The number of hydrogen-bond donors (Lipinski definition) is 2. The number of benzene rings is 2. The van der Waals surface area contributed by atoms with Crippen molar-refractivity contribution in [3.05, 3.63) is 59.7 Å². The number of anilines is 1. The van der Waals surface area contributed by atoms with E-state index >= 15 is 0 Å². The van der Waals surface area contributed by atoms with Gasteiger partial charge in [-0.15, -0.1) is 0 Å². The van der Waals surface area contributed by atoms with Crippen LogP contribution in [0.15, 0.2) is 53.4 Å². The Hall–Kier alpha value is -1.85. The molecule has 2 N–H and O–H groups in total. The highest BCUT2D eigenvalue weighted by molar-refractivity contribution is 7.89. The van der Waals surface area contributed by atoms with Gasteiger partial charge in [-0.2, -0.15) is 0 Å². The van der Waals surface area contributed by atoms with Gasteiger partial charge in [0, 0.05) is 17.8 Å². The van der Waals surface area contributed by atoms with Gasteiger partial charge in [0.1, 0.15) is 0 Å². The predicted molar refractivity (Wildman–Crippen MR) is 88.4 cm³/mol. The van der Waals surface area contributed by atoms with Crippen molar-refractivity contribution in [3.63, 3.8) is 0 Å². The summed E-state index contributed by atoms with van der Waals surface area (Å²) in [7, 11) is -3.52. The van der Waals surface area contributed by atoms with E-state index < -0.39 is 10.0 Å². The van der Waals surface area contributed by atoms with Crippen LogP contribution in [0.4, 0.5) is 5.69 Å². The van der Waals surface area contributed by atoms with Gasteiger partial charge in [0.2, 0.25) is 10.0 Å². The minimum Gasteiger partial charge on any atom is -0.382 e. The van der Waals surface area contributed by atoms with Crippen LogP contribution in [0.2, 0.25) is 0 Å². The molecule has 0 bridgehead atoms. The molecular weight excluding hydrogens is 296 g/mol. The largest absolute Gasteiger partial charge is 0.382 e. The van der Waals surface area contributed by atoms with Gasteiger partial charge in [-0.1, -0.05) is 30.3 Å². The number of rotatable bonds is 4. The molecule has 1 aliphatic rings. The van der Waals surface area contributed by atoms with Crippen molar-refractivity contribution in [2.45, 2.75) is 37.2 Å². The highest BCUT2D eigenvalue weighted by Gasteiger charge is 2.22. The zero-order chi connectivity index (χ0) is 15.7. The van der Waals surface area contributed by atoms with Crippen LogP contribution in [-0.2, 0) is 16.4 Å². The van der Waals surface area contributed by atoms with E-state index in [1.807, 2.05) is 43.3 Å². The monoisotopic (exact) mass is 316 g/mol. The van der Waals surface area contributed by atoms with Gasteiger partial charge in [-0.05, 0) is 49.6 Å². The Bertz CT molecular complexity index is 773. The Morgan fingerprint density at radius 2 is 1.91 bits per heavy atom. The molecule has 2 atom stereocenters. The smallest absolute Gasteiger partial charge is 0.241 e. The van der Waals surface area contributed by atoms with Crippen LogP contribution in [-0.4, -0.2) is 14.5 Å². The molecule has 0 aliphatic carbocycles. The van der Waals surface area contributed by atoms with Crippen LogP contribution >= 0.6 is 0 Å². The molecule has 22 heavy (non-hydrogen) atoms. The third-order valence-corrected chi connectivity index (χ3v) is 5.48. The van der Waals surface area contributed by atoms with Crippen LogP contribution in [0.25, 0.3) is 0 Å².